The molecule has 4 aliphatic rings. The minimum Gasteiger partial charge on any atom is -0.467 e. The summed E-state index contributed by atoms with van der Waals surface area (Å²) in [5.41, 5.74) is 9.30. The van der Waals surface area contributed by atoms with Gasteiger partial charge in [-0.2, -0.15) is 0 Å². The lowest BCUT2D eigenvalue weighted by Crippen LogP contribution is -2.58. The predicted octanol–water partition coefficient (Wildman–Crippen LogP) is 3.79. The van der Waals surface area contributed by atoms with Crippen LogP contribution in [-0.2, 0) is 72.1 Å². The van der Waals surface area contributed by atoms with E-state index in [1.165, 1.54) is 16.8 Å². The van der Waals surface area contributed by atoms with Gasteiger partial charge in [0.25, 0.3) is 5.56 Å². The lowest BCUT2D eigenvalue weighted by atomic mass is 9.99. The third kappa shape index (κ3) is 9.52. The number of carbonyl (C=O) groups is 2. The minimum atomic E-state index is -1.66. The third-order valence-electron chi connectivity index (χ3n) is 11.0. The molecule has 2 aromatic carbocycles. The topological polar surface area (TPSA) is 231 Å². The van der Waals surface area contributed by atoms with Crippen molar-refractivity contribution in [1.29, 1.82) is 0 Å². The second-order valence-electron chi connectivity index (χ2n) is 15.3. The number of ether oxygens (including phenoxy) is 10. The summed E-state index contributed by atoms with van der Waals surface area (Å²) in [5, 5.41) is 6.31. The van der Waals surface area contributed by atoms with E-state index in [-0.39, 0.29) is 26.5 Å². The van der Waals surface area contributed by atoms with Gasteiger partial charge in [0.2, 0.25) is 0 Å². The van der Waals surface area contributed by atoms with Crippen LogP contribution in [0.1, 0.15) is 57.9 Å². The van der Waals surface area contributed by atoms with Crippen molar-refractivity contribution in [2.24, 2.45) is 5.11 Å². The van der Waals surface area contributed by atoms with E-state index in [0.29, 0.717) is 18.4 Å². The van der Waals surface area contributed by atoms with Crippen molar-refractivity contribution in [2.45, 2.75) is 133 Å². The highest BCUT2D eigenvalue weighted by molar-refractivity contribution is 5.82. The maximum absolute atomic E-state index is 14.1. The molecule has 1 N–H and O–H groups in total. The molecule has 0 bridgehead atoms. The molecule has 10 atom stereocenters. The summed E-state index contributed by atoms with van der Waals surface area (Å²) in [4.78, 5) is 57.5. The van der Waals surface area contributed by atoms with Gasteiger partial charge in [-0.3, -0.25) is 9.36 Å². The molecule has 4 fully saturated rings. The van der Waals surface area contributed by atoms with E-state index in [1.54, 1.807) is 38.1 Å². The van der Waals surface area contributed by atoms with Crippen molar-refractivity contribution in [3.63, 3.8) is 0 Å². The molecule has 5 heterocycles. The van der Waals surface area contributed by atoms with E-state index in [0.717, 1.165) is 17.2 Å². The second kappa shape index (κ2) is 18.9. The summed E-state index contributed by atoms with van der Waals surface area (Å²) in [6.07, 6.45) is -8.80. The number of aromatic nitrogens is 2. The van der Waals surface area contributed by atoms with Gasteiger partial charge >= 0.3 is 17.8 Å². The zero-order chi connectivity index (χ0) is 43.3. The number of azide groups is 1. The van der Waals surface area contributed by atoms with E-state index >= 15 is 0 Å². The number of nitrogens with zero attached hydrogens (tertiary/aromatic N) is 5. The molecule has 4 aliphatic heterocycles. The summed E-state index contributed by atoms with van der Waals surface area (Å²) in [7, 11) is 1.13. The Bertz CT molecular complexity index is 2160. The number of rotatable bonds is 17. The first-order chi connectivity index (χ1) is 29.4. The molecule has 20 heteroatoms. The number of hydrogen-bond donors (Lipinski definition) is 1. The Balaban J connectivity index is 1.24. The molecule has 0 unspecified atom stereocenters. The molecule has 3 aromatic rings. The average molecular weight is 851 g/mol. The van der Waals surface area contributed by atoms with Crippen molar-refractivity contribution in [3.05, 3.63) is 115 Å². The number of hydrogen-bond acceptors (Lipinski definition) is 15. The molecule has 20 nitrogen and oxygen atoms in total. The Morgan fingerprint density at radius 2 is 1.54 bits per heavy atom. The molecule has 0 aliphatic carbocycles. The molecule has 0 spiro atoms. The standard InChI is InChI=1S/C41H50N6O14/c1-6-41(7-2)60-29-26(20-43-45-42)55-37(34(29)61-41)57-30(28(36(49)52-5)44-38(50)54-22-25-16-12-9-13-17-25)31-32-33(59-40(3,4)58-32)35(56-31)46-19-18-27(48)47(39(46)51)23-53-21-24-14-10-8-11-15-24/h8-19,26,28-35,37H,6-7,20-23H2,1-5H3,(H,44,50)/t26-,28+,29-,30+,31-,32-,33-,34-,35-,37-/m1/s1. The highest BCUT2D eigenvalue weighted by atomic mass is 16.8. The Morgan fingerprint density at radius 3 is 2.20 bits per heavy atom. The molecular weight excluding hydrogens is 800 g/mol. The van der Waals surface area contributed by atoms with Crippen molar-refractivity contribution in [3.8, 4) is 0 Å². The number of amides is 1. The number of esters is 1. The number of benzene rings is 2. The van der Waals surface area contributed by atoms with E-state index in [4.69, 9.17) is 47.4 Å². The first kappa shape index (κ1) is 43.9. The fourth-order valence-corrected chi connectivity index (χ4v) is 8.00. The highest BCUT2D eigenvalue weighted by Gasteiger charge is 2.63. The van der Waals surface area contributed by atoms with Gasteiger partial charge in [-0.1, -0.05) is 79.6 Å². The Hall–Kier alpha value is -5.15. The predicted molar refractivity (Wildman–Crippen MR) is 210 cm³/mol. The Kier molecular flexibility index (Phi) is 13.6. The van der Waals surface area contributed by atoms with E-state index in [2.05, 4.69) is 15.3 Å². The van der Waals surface area contributed by atoms with Crippen LogP contribution >= 0.6 is 0 Å². The fourth-order valence-electron chi connectivity index (χ4n) is 8.00. The molecule has 0 saturated carbocycles. The van der Waals surface area contributed by atoms with Crippen LogP contribution in [0.15, 0.2) is 87.6 Å². The molecule has 61 heavy (non-hydrogen) atoms. The summed E-state index contributed by atoms with van der Waals surface area (Å²) >= 11 is 0. The Morgan fingerprint density at radius 1 is 0.885 bits per heavy atom. The summed E-state index contributed by atoms with van der Waals surface area (Å²) in [6.45, 7) is 6.63. The zero-order valence-corrected chi connectivity index (χ0v) is 34.4. The molecule has 328 valence electrons. The van der Waals surface area contributed by atoms with Crippen LogP contribution in [0, 0.1) is 0 Å². The summed E-state index contributed by atoms with van der Waals surface area (Å²) < 4.78 is 63.9. The van der Waals surface area contributed by atoms with E-state index in [1.807, 2.05) is 50.2 Å². The van der Waals surface area contributed by atoms with Crippen molar-refractivity contribution >= 4 is 12.1 Å². The number of nitrogens with one attached hydrogen (secondary N) is 1. The normalized spacial score (nSPS) is 28.0. The number of methoxy groups -OCH3 is 1. The van der Waals surface area contributed by atoms with Crippen molar-refractivity contribution in [1.82, 2.24) is 14.5 Å². The molecule has 0 radical (unpaired) electrons. The maximum atomic E-state index is 14.1. The first-order valence-electron chi connectivity index (χ1n) is 20.1. The van der Waals surface area contributed by atoms with Gasteiger partial charge in [-0.25, -0.2) is 19.0 Å². The summed E-state index contributed by atoms with van der Waals surface area (Å²) in [5.74, 6) is -3.22. The summed E-state index contributed by atoms with van der Waals surface area (Å²) in [6, 6.07) is 17.7. The van der Waals surface area contributed by atoms with Crippen LogP contribution < -0.4 is 16.6 Å². The lowest BCUT2D eigenvalue weighted by molar-refractivity contribution is -0.275. The van der Waals surface area contributed by atoms with Crippen LogP contribution in [0.4, 0.5) is 4.79 Å². The van der Waals surface area contributed by atoms with Crippen LogP contribution in [0.5, 0.6) is 0 Å². The fraction of sp³-hybridized carbons (Fsp3) is 0.561. The molecule has 1 aromatic heterocycles. The molecule has 7 rings (SSSR count). The van der Waals surface area contributed by atoms with Gasteiger partial charge in [0.1, 0.15) is 50.0 Å². The third-order valence-corrected chi connectivity index (χ3v) is 11.0. The van der Waals surface area contributed by atoms with Gasteiger partial charge in [0.15, 0.2) is 30.1 Å². The van der Waals surface area contributed by atoms with Crippen molar-refractivity contribution < 1.29 is 57.0 Å². The maximum Gasteiger partial charge on any atom is 0.408 e. The lowest BCUT2D eigenvalue weighted by Gasteiger charge is -2.36. The average Bonchev–Trinajstić information content (AvgIpc) is 3.99. The zero-order valence-electron chi connectivity index (χ0n) is 34.4. The smallest absolute Gasteiger partial charge is 0.408 e. The molecular formula is C41H50N6O14. The number of fused-ring (bicyclic) bond motifs is 2. The van der Waals surface area contributed by atoms with Crippen molar-refractivity contribution in [2.75, 3.05) is 13.7 Å². The first-order valence-corrected chi connectivity index (χ1v) is 20.1. The molecule has 4 saturated heterocycles. The van der Waals surface area contributed by atoms with Crippen LogP contribution in [0.2, 0.25) is 0 Å². The van der Waals surface area contributed by atoms with E-state index in [9.17, 15) is 24.7 Å². The van der Waals surface area contributed by atoms with Gasteiger partial charge in [-0.05, 0) is 43.3 Å². The van der Waals surface area contributed by atoms with Gasteiger partial charge < -0.3 is 52.7 Å². The van der Waals surface area contributed by atoms with Gasteiger partial charge in [-0.15, -0.1) is 0 Å². The SMILES string of the molecule is CCC1(CC)O[C@H]2[C@@H](O[C@H]([C@H]3O[C@@H](n4ccc(=O)n(COCc5ccccc5)c4=O)[C@@H]4OC(C)(C)O[C@H]34)[C@H](NC(=O)OCc3ccccc3)C(=O)OC)O[C@H](CN=[N+]=[N-])[C@H]2O1. The van der Waals surface area contributed by atoms with Gasteiger partial charge in [0.05, 0.1) is 26.4 Å². The minimum absolute atomic E-state index is 0.129. The monoisotopic (exact) mass is 850 g/mol. The Labute approximate surface area is 350 Å². The number of alkyl carbamates (subject to hydrolysis) is 1. The van der Waals surface area contributed by atoms with Crippen LogP contribution in [0.25, 0.3) is 10.4 Å². The van der Waals surface area contributed by atoms with Crippen LogP contribution in [-0.4, -0.2) is 101 Å². The largest absolute Gasteiger partial charge is 0.467 e. The second-order valence-corrected chi connectivity index (χ2v) is 15.3. The highest BCUT2D eigenvalue weighted by Crippen LogP contribution is 2.47. The van der Waals surface area contributed by atoms with Gasteiger partial charge in [0, 0.05) is 17.2 Å². The number of carbonyl (C=O) groups excluding carboxylic acids is 2. The molecule has 1 amide bonds. The quantitative estimate of drug-likeness (QED) is 0.0882. The van der Waals surface area contributed by atoms with Crippen LogP contribution in [0.3, 0.4) is 0 Å². The van der Waals surface area contributed by atoms with E-state index < -0.39 is 96.2 Å².